The standard InChI is InChI=1S/C13H15N3O3/c1-18-11-4-6-19-7-10(11)16-8-15-12-9(13(16)17)3-2-5-14-12/h2-3,5,8,10-11H,4,6-7H2,1H3/t10-,11-/m1/s1. The minimum Gasteiger partial charge on any atom is -0.379 e. The maximum atomic E-state index is 12.5. The number of hydrogen-bond donors (Lipinski definition) is 0. The Hall–Kier alpha value is -1.79. The highest BCUT2D eigenvalue weighted by Gasteiger charge is 2.28. The SMILES string of the molecule is CO[C@@H]1CCOC[C@H]1n1cnc2ncccc2c1=O. The molecule has 0 aromatic carbocycles. The lowest BCUT2D eigenvalue weighted by Crippen LogP contribution is -2.40. The van der Waals surface area contributed by atoms with Gasteiger partial charge < -0.3 is 9.47 Å². The summed E-state index contributed by atoms with van der Waals surface area (Å²) in [7, 11) is 1.66. The number of methoxy groups -OCH3 is 1. The Morgan fingerprint density at radius 3 is 3.21 bits per heavy atom. The number of fused-ring (bicyclic) bond motifs is 1. The summed E-state index contributed by atoms with van der Waals surface area (Å²) in [5.41, 5.74) is 0.366. The molecule has 6 heteroatoms. The topological polar surface area (TPSA) is 66.2 Å². The molecular formula is C13H15N3O3. The van der Waals surface area contributed by atoms with E-state index in [4.69, 9.17) is 9.47 Å². The highest BCUT2D eigenvalue weighted by Crippen LogP contribution is 2.21. The van der Waals surface area contributed by atoms with Gasteiger partial charge in [0.1, 0.15) is 6.33 Å². The molecule has 0 unspecified atom stereocenters. The van der Waals surface area contributed by atoms with Crippen LogP contribution in [0.15, 0.2) is 29.5 Å². The molecule has 0 N–H and O–H groups in total. The fourth-order valence-corrected chi connectivity index (χ4v) is 2.45. The van der Waals surface area contributed by atoms with Crippen molar-refractivity contribution >= 4 is 11.0 Å². The highest BCUT2D eigenvalue weighted by molar-refractivity contribution is 5.72. The molecule has 2 aromatic heterocycles. The predicted octanol–water partition coefficient (Wildman–Crippen LogP) is 0.768. The zero-order valence-electron chi connectivity index (χ0n) is 10.7. The summed E-state index contributed by atoms with van der Waals surface area (Å²) in [5.74, 6) is 0. The van der Waals surface area contributed by atoms with Crippen LogP contribution in [0.25, 0.3) is 11.0 Å². The first-order valence-corrected chi connectivity index (χ1v) is 6.23. The van der Waals surface area contributed by atoms with Gasteiger partial charge in [-0.25, -0.2) is 9.97 Å². The lowest BCUT2D eigenvalue weighted by molar-refractivity contribution is -0.0508. The van der Waals surface area contributed by atoms with Gasteiger partial charge in [-0.05, 0) is 18.6 Å². The van der Waals surface area contributed by atoms with Crippen LogP contribution in [0.4, 0.5) is 0 Å². The Labute approximate surface area is 110 Å². The smallest absolute Gasteiger partial charge is 0.263 e. The van der Waals surface area contributed by atoms with Gasteiger partial charge in [0.05, 0.1) is 24.1 Å². The zero-order chi connectivity index (χ0) is 13.2. The van der Waals surface area contributed by atoms with Gasteiger partial charge >= 0.3 is 0 Å². The molecule has 100 valence electrons. The summed E-state index contributed by atoms with van der Waals surface area (Å²) < 4.78 is 12.5. The Kier molecular flexibility index (Phi) is 3.27. The Morgan fingerprint density at radius 1 is 1.47 bits per heavy atom. The van der Waals surface area contributed by atoms with E-state index in [-0.39, 0.29) is 17.7 Å². The van der Waals surface area contributed by atoms with Crippen LogP contribution in [0.5, 0.6) is 0 Å². The van der Waals surface area contributed by atoms with E-state index in [2.05, 4.69) is 9.97 Å². The van der Waals surface area contributed by atoms with Crippen LogP contribution in [0.3, 0.4) is 0 Å². The normalized spacial score (nSPS) is 23.6. The summed E-state index contributed by atoms with van der Waals surface area (Å²) >= 11 is 0. The molecule has 0 radical (unpaired) electrons. The molecule has 2 atom stereocenters. The fourth-order valence-electron chi connectivity index (χ4n) is 2.45. The van der Waals surface area contributed by atoms with Crippen molar-refractivity contribution in [1.82, 2.24) is 14.5 Å². The average Bonchev–Trinajstić information content (AvgIpc) is 2.48. The van der Waals surface area contributed by atoms with E-state index in [0.29, 0.717) is 24.2 Å². The molecule has 1 aliphatic rings. The maximum Gasteiger partial charge on any atom is 0.263 e. The Morgan fingerprint density at radius 2 is 2.37 bits per heavy atom. The van der Waals surface area contributed by atoms with E-state index < -0.39 is 0 Å². The highest BCUT2D eigenvalue weighted by atomic mass is 16.5. The van der Waals surface area contributed by atoms with Crippen molar-refractivity contribution in [2.45, 2.75) is 18.6 Å². The molecule has 19 heavy (non-hydrogen) atoms. The molecule has 3 heterocycles. The van der Waals surface area contributed by atoms with Crippen LogP contribution in [0.1, 0.15) is 12.5 Å². The minimum atomic E-state index is -0.136. The first-order valence-electron chi connectivity index (χ1n) is 6.23. The molecule has 0 saturated carbocycles. The quantitative estimate of drug-likeness (QED) is 0.798. The van der Waals surface area contributed by atoms with Crippen LogP contribution in [-0.2, 0) is 9.47 Å². The lowest BCUT2D eigenvalue weighted by Gasteiger charge is -2.31. The minimum absolute atomic E-state index is 0.0256. The second-order valence-corrected chi connectivity index (χ2v) is 4.54. The van der Waals surface area contributed by atoms with Crippen LogP contribution < -0.4 is 5.56 Å². The van der Waals surface area contributed by atoms with Gasteiger partial charge in [0, 0.05) is 19.9 Å². The number of ether oxygens (including phenoxy) is 2. The fraction of sp³-hybridized carbons (Fsp3) is 0.462. The Balaban J connectivity index is 2.09. The van der Waals surface area contributed by atoms with E-state index in [1.54, 1.807) is 30.0 Å². The molecule has 1 fully saturated rings. The van der Waals surface area contributed by atoms with Gasteiger partial charge in [0.15, 0.2) is 5.65 Å². The zero-order valence-corrected chi connectivity index (χ0v) is 10.7. The van der Waals surface area contributed by atoms with Crippen molar-refractivity contribution in [2.24, 2.45) is 0 Å². The van der Waals surface area contributed by atoms with Crippen molar-refractivity contribution < 1.29 is 9.47 Å². The van der Waals surface area contributed by atoms with E-state index in [9.17, 15) is 4.79 Å². The lowest BCUT2D eigenvalue weighted by atomic mass is 10.1. The first kappa shape index (κ1) is 12.3. The van der Waals surface area contributed by atoms with E-state index in [0.717, 1.165) is 6.42 Å². The van der Waals surface area contributed by atoms with Gasteiger partial charge in [0.25, 0.3) is 5.56 Å². The second kappa shape index (κ2) is 5.07. The van der Waals surface area contributed by atoms with Crippen molar-refractivity contribution in [2.75, 3.05) is 20.3 Å². The molecule has 1 aliphatic heterocycles. The number of aromatic nitrogens is 3. The number of pyridine rings is 1. The van der Waals surface area contributed by atoms with Gasteiger partial charge in [-0.1, -0.05) is 0 Å². The van der Waals surface area contributed by atoms with E-state index >= 15 is 0 Å². The van der Waals surface area contributed by atoms with Crippen molar-refractivity contribution in [3.8, 4) is 0 Å². The van der Waals surface area contributed by atoms with Gasteiger partial charge in [-0.3, -0.25) is 9.36 Å². The van der Waals surface area contributed by atoms with E-state index in [1.165, 1.54) is 6.33 Å². The number of rotatable bonds is 2. The van der Waals surface area contributed by atoms with Gasteiger partial charge in [-0.2, -0.15) is 0 Å². The predicted molar refractivity (Wildman–Crippen MR) is 69.1 cm³/mol. The maximum absolute atomic E-state index is 12.5. The summed E-state index contributed by atoms with van der Waals surface area (Å²) in [6, 6.07) is 3.34. The molecule has 0 spiro atoms. The van der Waals surface area contributed by atoms with Crippen molar-refractivity contribution in [1.29, 1.82) is 0 Å². The van der Waals surface area contributed by atoms with Gasteiger partial charge in [-0.15, -0.1) is 0 Å². The third-order valence-corrected chi connectivity index (χ3v) is 3.48. The van der Waals surface area contributed by atoms with Crippen LogP contribution in [-0.4, -0.2) is 41.0 Å². The summed E-state index contributed by atoms with van der Waals surface area (Å²) in [4.78, 5) is 20.8. The monoisotopic (exact) mass is 261 g/mol. The van der Waals surface area contributed by atoms with Gasteiger partial charge in [0.2, 0.25) is 0 Å². The summed E-state index contributed by atoms with van der Waals surface area (Å²) in [6.07, 6.45) is 3.91. The third kappa shape index (κ3) is 2.13. The second-order valence-electron chi connectivity index (χ2n) is 4.54. The molecule has 0 amide bonds. The number of nitrogens with zero attached hydrogens (tertiary/aromatic N) is 3. The van der Waals surface area contributed by atoms with E-state index in [1.807, 2.05) is 0 Å². The third-order valence-electron chi connectivity index (χ3n) is 3.48. The Bertz CT molecular complexity index is 640. The van der Waals surface area contributed by atoms with Crippen molar-refractivity contribution in [3.05, 3.63) is 35.0 Å². The molecule has 6 nitrogen and oxygen atoms in total. The largest absolute Gasteiger partial charge is 0.379 e. The molecule has 2 aromatic rings. The summed E-state index contributed by atoms with van der Waals surface area (Å²) in [6.45, 7) is 1.12. The molecule has 1 saturated heterocycles. The van der Waals surface area contributed by atoms with Crippen LogP contribution in [0.2, 0.25) is 0 Å². The van der Waals surface area contributed by atoms with Crippen LogP contribution in [0, 0.1) is 0 Å². The number of hydrogen-bond acceptors (Lipinski definition) is 5. The average molecular weight is 261 g/mol. The molecular weight excluding hydrogens is 246 g/mol. The van der Waals surface area contributed by atoms with Crippen LogP contribution >= 0.6 is 0 Å². The molecule has 3 rings (SSSR count). The molecule has 0 aliphatic carbocycles. The molecule has 0 bridgehead atoms. The van der Waals surface area contributed by atoms with Crippen molar-refractivity contribution in [3.63, 3.8) is 0 Å². The summed E-state index contributed by atoms with van der Waals surface area (Å²) in [5, 5.41) is 0.519. The first-order chi connectivity index (χ1) is 9.31.